The molecule has 6 heteroatoms. The first-order valence-corrected chi connectivity index (χ1v) is 7.24. The van der Waals surface area contributed by atoms with Gasteiger partial charge in [0.05, 0.1) is 17.0 Å². The van der Waals surface area contributed by atoms with E-state index in [0.717, 1.165) is 31.9 Å². The van der Waals surface area contributed by atoms with Crippen LogP contribution in [0.25, 0.3) is 10.2 Å². The summed E-state index contributed by atoms with van der Waals surface area (Å²) in [7, 11) is 1.64. The summed E-state index contributed by atoms with van der Waals surface area (Å²) >= 11 is 5.03. The summed E-state index contributed by atoms with van der Waals surface area (Å²) < 4.78 is 6.20. The first-order valence-electron chi connectivity index (χ1n) is 5.56. The molecule has 0 amide bonds. The van der Waals surface area contributed by atoms with Crippen molar-refractivity contribution in [3.8, 4) is 5.75 Å². The van der Waals surface area contributed by atoms with Gasteiger partial charge in [0, 0.05) is 11.8 Å². The molecule has 2 heterocycles. The van der Waals surface area contributed by atoms with Crippen molar-refractivity contribution in [2.75, 3.05) is 12.4 Å². The number of anilines is 2. The number of methoxy groups -OCH3 is 1. The minimum Gasteiger partial charge on any atom is -0.495 e. The molecular weight excluding hydrogens is 326 g/mol. The van der Waals surface area contributed by atoms with E-state index in [2.05, 4.69) is 31.2 Å². The normalized spacial score (nSPS) is 10.6. The Kier molecular flexibility index (Phi) is 3.35. The lowest BCUT2D eigenvalue weighted by molar-refractivity contribution is 0.412. The van der Waals surface area contributed by atoms with Gasteiger partial charge in [-0.15, -0.1) is 11.3 Å². The SMILES string of the molecule is COc1cc(Nc2ncnc3sccc23)ccc1Br. The fourth-order valence-electron chi connectivity index (χ4n) is 1.76. The maximum absolute atomic E-state index is 5.28. The van der Waals surface area contributed by atoms with E-state index in [0.29, 0.717) is 0 Å². The molecular formula is C13H10BrN3OS. The van der Waals surface area contributed by atoms with Crippen molar-refractivity contribution >= 4 is 49.0 Å². The second kappa shape index (κ2) is 5.14. The van der Waals surface area contributed by atoms with Crippen molar-refractivity contribution in [2.24, 2.45) is 0 Å². The molecule has 0 atom stereocenters. The van der Waals surface area contributed by atoms with Gasteiger partial charge in [-0.05, 0) is 39.5 Å². The van der Waals surface area contributed by atoms with Gasteiger partial charge in [-0.25, -0.2) is 9.97 Å². The maximum atomic E-state index is 5.28. The van der Waals surface area contributed by atoms with Crippen LogP contribution in [-0.4, -0.2) is 17.1 Å². The lowest BCUT2D eigenvalue weighted by Gasteiger charge is -2.09. The molecule has 3 aromatic rings. The maximum Gasteiger partial charge on any atom is 0.142 e. The number of rotatable bonds is 3. The molecule has 1 N–H and O–H groups in total. The third-order valence-electron chi connectivity index (χ3n) is 2.68. The molecule has 96 valence electrons. The lowest BCUT2D eigenvalue weighted by Crippen LogP contribution is -1.95. The third kappa shape index (κ3) is 2.41. The second-order valence-corrected chi connectivity index (χ2v) is 5.58. The molecule has 0 bridgehead atoms. The average Bonchev–Trinajstić information content (AvgIpc) is 2.90. The van der Waals surface area contributed by atoms with Gasteiger partial charge in [-0.1, -0.05) is 0 Å². The summed E-state index contributed by atoms with van der Waals surface area (Å²) in [5.74, 6) is 1.58. The quantitative estimate of drug-likeness (QED) is 0.778. The van der Waals surface area contributed by atoms with Gasteiger partial charge < -0.3 is 10.1 Å². The first-order chi connectivity index (χ1) is 9.28. The second-order valence-electron chi connectivity index (χ2n) is 3.84. The Bertz CT molecular complexity index is 729. The van der Waals surface area contributed by atoms with Crippen LogP contribution in [0.1, 0.15) is 0 Å². The van der Waals surface area contributed by atoms with Gasteiger partial charge in [0.25, 0.3) is 0 Å². The molecule has 0 radical (unpaired) electrons. The highest BCUT2D eigenvalue weighted by Crippen LogP contribution is 2.31. The molecule has 0 aliphatic heterocycles. The van der Waals surface area contributed by atoms with Crippen LogP contribution in [0, 0.1) is 0 Å². The molecule has 4 nitrogen and oxygen atoms in total. The zero-order valence-corrected chi connectivity index (χ0v) is 12.5. The predicted molar refractivity (Wildman–Crippen MR) is 81.4 cm³/mol. The summed E-state index contributed by atoms with van der Waals surface area (Å²) in [5, 5.41) is 6.32. The molecule has 0 saturated carbocycles. The van der Waals surface area contributed by atoms with Gasteiger partial charge in [-0.2, -0.15) is 0 Å². The van der Waals surface area contributed by atoms with Gasteiger partial charge in [-0.3, -0.25) is 0 Å². The smallest absolute Gasteiger partial charge is 0.142 e. The van der Waals surface area contributed by atoms with Crippen molar-refractivity contribution in [3.05, 3.63) is 40.4 Å². The van der Waals surface area contributed by atoms with Crippen molar-refractivity contribution in [2.45, 2.75) is 0 Å². The van der Waals surface area contributed by atoms with Crippen molar-refractivity contribution in [3.63, 3.8) is 0 Å². The van der Waals surface area contributed by atoms with Crippen LogP contribution >= 0.6 is 27.3 Å². The monoisotopic (exact) mass is 335 g/mol. The number of hydrogen-bond donors (Lipinski definition) is 1. The van der Waals surface area contributed by atoms with E-state index >= 15 is 0 Å². The van der Waals surface area contributed by atoms with Crippen LogP contribution < -0.4 is 10.1 Å². The van der Waals surface area contributed by atoms with Gasteiger partial charge in [0.15, 0.2) is 0 Å². The number of nitrogens with zero attached hydrogens (tertiary/aromatic N) is 2. The van der Waals surface area contributed by atoms with Crippen LogP contribution in [0.15, 0.2) is 40.4 Å². The van der Waals surface area contributed by atoms with E-state index in [-0.39, 0.29) is 0 Å². The highest BCUT2D eigenvalue weighted by molar-refractivity contribution is 9.10. The predicted octanol–water partition coefficient (Wildman–Crippen LogP) is 4.21. The minimum atomic E-state index is 0.778. The zero-order chi connectivity index (χ0) is 13.2. The molecule has 0 fully saturated rings. The molecule has 0 unspecified atom stereocenters. The number of halogens is 1. The Morgan fingerprint density at radius 2 is 2.16 bits per heavy atom. The molecule has 0 spiro atoms. The number of ether oxygens (including phenoxy) is 1. The number of hydrogen-bond acceptors (Lipinski definition) is 5. The van der Waals surface area contributed by atoms with Crippen molar-refractivity contribution in [1.29, 1.82) is 0 Å². The van der Waals surface area contributed by atoms with Crippen molar-refractivity contribution in [1.82, 2.24) is 9.97 Å². The molecule has 0 saturated heterocycles. The van der Waals surface area contributed by atoms with E-state index in [9.17, 15) is 0 Å². The number of thiophene rings is 1. The van der Waals surface area contributed by atoms with Crippen LogP contribution in [-0.2, 0) is 0 Å². The highest BCUT2D eigenvalue weighted by Gasteiger charge is 2.06. The van der Waals surface area contributed by atoms with Gasteiger partial charge >= 0.3 is 0 Å². The molecule has 0 aliphatic carbocycles. The Morgan fingerprint density at radius 1 is 1.26 bits per heavy atom. The summed E-state index contributed by atoms with van der Waals surface area (Å²) in [6, 6.07) is 7.84. The number of aromatic nitrogens is 2. The van der Waals surface area contributed by atoms with E-state index in [1.165, 1.54) is 0 Å². The lowest BCUT2D eigenvalue weighted by atomic mass is 10.3. The summed E-state index contributed by atoms with van der Waals surface area (Å²) in [5.41, 5.74) is 0.922. The van der Waals surface area contributed by atoms with E-state index in [4.69, 9.17) is 4.74 Å². The average molecular weight is 336 g/mol. The Balaban J connectivity index is 1.99. The van der Waals surface area contributed by atoms with Gasteiger partial charge in [0.1, 0.15) is 22.7 Å². The number of benzene rings is 1. The Labute approximate surface area is 122 Å². The topological polar surface area (TPSA) is 47.0 Å². The molecule has 3 rings (SSSR count). The summed E-state index contributed by atoms with van der Waals surface area (Å²) in [6.07, 6.45) is 1.57. The number of nitrogens with one attached hydrogen (secondary N) is 1. The fraction of sp³-hybridized carbons (Fsp3) is 0.0769. The highest BCUT2D eigenvalue weighted by atomic mass is 79.9. The molecule has 2 aromatic heterocycles. The van der Waals surface area contributed by atoms with E-state index < -0.39 is 0 Å². The molecule has 1 aromatic carbocycles. The van der Waals surface area contributed by atoms with Crippen molar-refractivity contribution < 1.29 is 4.74 Å². The number of fused-ring (bicyclic) bond motifs is 1. The zero-order valence-electron chi connectivity index (χ0n) is 10.1. The third-order valence-corrected chi connectivity index (χ3v) is 4.15. The largest absolute Gasteiger partial charge is 0.495 e. The minimum absolute atomic E-state index is 0.778. The van der Waals surface area contributed by atoms with Crippen LogP contribution in [0.4, 0.5) is 11.5 Å². The summed E-state index contributed by atoms with van der Waals surface area (Å²) in [6.45, 7) is 0. The standard InChI is InChI=1S/C13H10BrN3OS/c1-18-11-6-8(2-3-10(11)14)17-12-9-4-5-19-13(9)16-7-15-12/h2-7H,1H3,(H,15,16,17). The summed E-state index contributed by atoms with van der Waals surface area (Å²) in [4.78, 5) is 9.48. The Morgan fingerprint density at radius 3 is 3.00 bits per heavy atom. The Hall–Kier alpha value is -1.66. The van der Waals surface area contributed by atoms with E-state index in [1.54, 1.807) is 24.8 Å². The van der Waals surface area contributed by atoms with E-state index in [1.807, 2.05) is 29.6 Å². The fourth-order valence-corrected chi connectivity index (χ4v) is 2.91. The van der Waals surface area contributed by atoms with Crippen LogP contribution in [0.5, 0.6) is 5.75 Å². The first kappa shape index (κ1) is 12.4. The van der Waals surface area contributed by atoms with Crippen LogP contribution in [0.3, 0.4) is 0 Å². The van der Waals surface area contributed by atoms with Crippen LogP contribution in [0.2, 0.25) is 0 Å². The van der Waals surface area contributed by atoms with Gasteiger partial charge in [0.2, 0.25) is 0 Å². The molecule has 0 aliphatic rings. The molecule has 19 heavy (non-hydrogen) atoms.